The van der Waals surface area contributed by atoms with Crippen molar-refractivity contribution in [1.29, 1.82) is 5.26 Å². The zero-order chi connectivity index (χ0) is 94.4. The summed E-state index contributed by atoms with van der Waals surface area (Å²) in [5, 5.41) is 61.7. The normalized spacial score (nSPS) is 13.7. The third-order valence-corrected chi connectivity index (χ3v) is 22.2. The van der Waals surface area contributed by atoms with Crippen molar-refractivity contribution >= 4 is 75.0 Å². The van der Waals surface area contributed by atoms with Crippen LogP contribution >= 0.6 is 0 Å². The lowest BCUT2D eigenvalue weighted by molar-refractivity contribution is -0.384. The maximum atomic E-state index is 13.0. The Hall–Kier alpha value is -17.4. The number of morpholine rings is 4. The number of halogens is 3. The average Bonchev–Trinajstić information content (AvgIpc) is 0.896. The fourth-order valence-electron chi connectivity index (χ4n) is 15.5. The molecular weight excluding hydrogens is 1770 g/mol. The molecule has 694 valence electrons. The molecule has 0 atom stereocenters. The SMILES string of the molecule is Cc1ncn(-c2ccc(Nc3nccc(-c4cc(OC(F)(F)F)cc(N5CCOCC5)c4)n3)cc2)n1.N#Cc1cc(-c2ccnc(Nc3ccc(-n4ccnn4)cc3)n2)cc(N2CCOCC2)c1.O=[N+]([O-])c1cc(-c2ccnc(Nc3ccc(-n4ccnn4)cc3)n2)cc(N2CCOCC2)c1.c1ccc(Cc2cc(-c3ccnc(Nc4ccc(-n5ccnn5)cc4)n3)cc(N3CCOCC3)c2)cc1. The van der Waals surface area contributed by atoms with Gasteiger partial charge in [0.25, 0.3) is 5.69 Å². The van der Waals surface area contributed by atoms with E-state index in [1.165, 1.54) is 35.0 Å². The second kappa shape index (κ2) is 43.5. The van der Waals surface area contributed by atoms with E-state index in [4.69, 9.17) is 23.9 Å². The van der Waals surface area contributed by atoms with E-state index in [2.05, 4.69) is 177 Å². The lowest BCUT2D eigenvalue weighted by Crippen LogP contribution is -2.36. The Labute approximate surface area is 788 Å². The van der Waals surface area contributed by atoms with Gasteiger partial charge in [0.2, 0.25) is 23.8 Å². The molecular formula is C98H89F3N30O7. The maximum Gasteiger partial charge on any atom is 0.573 e. The molecule has 0 saturated carbocycles. The largest absolute Gasteiger partial charge is 0.573 e. The second-order valence-electron chi connectivity index (χ2n) is 31.6. The lowest BCUT2D eigenvalue weighted by Gasteiger charge is -2.29. The van der Waals surface area contributed by atoms with Crippen LogP contribution in [0.4, 0.5) is 88.2 Å². The van der Waals surface area contributed by atoms with Gasteiger partial charge in [0.15, 0.2) is 0 Å². The van der Waals surface area contributed by atoms with E-state index >= 15 is 0 Å². The third-order valence-electron chi connectivity index (χ3n) is 22.2. The molecule has 0 unspecified atom stereocenters. The predicted octanol–water partition coefficient (Wildman–Crippen LogP) is 15.8. The number of nitrogens with one attached hydrogen (secondary N) is 4. The molecule has 4 fully saturated rings. The van der Waals surface area contributed by atoms with Crippen molar-refractivity contribution in [3.8, 4) is 79.6 Å². The molecule has 37 nitrogen and oxygen atoms in total. The molecule has 17 aromatic rings. The monoisotopic (exact) mass is 1850 g/mol. The summed E-state index contributed by atoms with van der Waals surface area (Å²) in [5.74, 6) is 2.07. The molecule has 21 rings (SSSR count). The number of ether oxygens (including phenoxy) is 5. The van der Waals surface area contributed by atoms with Gasteiger partial charge in [-0.3, -0.25) is 10.1 Å². The van der Waals surface area contributed by atoms with Gasteiger partial charge in [-0.25, -0.2) is 63.6 Å². The molecule has 4 aliphatic rings. The van der Waals surface area contributed by atoms with E-state index in [-0.39, 0.29) is 16.4 Å². The molecule has 138 heavy (non-hydrogen) atoms. The number of nitro benzene ring substituents is 1. The van der Waals surface area contributed by atoms with Crippen molar-refractivity contribution in [3.63, 3.8) is 0 Å². The first-order valence-corrected chi connectivity index (χ1v) is 44.1. The van der Waals surface area contributed by atoms with Crippen molar-refractivity contribution in [2.24, 2.45) is 0 Å². The summed E-state index contributed by atoms with van der Waals surface area (Å²) < 4.78 is 71.8. The van der Waals surface area contributed by atoms with Gasteiger partial charge >= 0.3 is 6.36 Å². The molecule has 40 heteroatoms. The summed E-state index contributed by atoms with van der Waals surface area (Å²) in [5.41, 5.74) is 19.3. The van der Waals surface area contributed by atoms with Crippen LogP contribution < -0.4 is 45.6 Å². The van der Waals surface area contributed by atoms with Crippen LogP contribution in [0.2, 0.25) is 0 Å². The van der Waals surface area contributed by atoms with E-state index in [1.807, 2.05) is 145 Å². The van der Waals surface area contributed by atoms with E-state index in [1.54, 1.807) is 105 Å². The van der Waals surface area contributed by atoms with Crippen molar-refractivity contribution in [2.75, 3.05) is 146 Å². The topological polar surface area (TPSA) is 400 Å². The molecule has 12 heterocycles. The first kappa shape index (κ1) is 91.1. The van der Waals surface area contributed by atoms with Crippen LogP contribution in [0.15, 0.2) is 293 Å². The van der Waals surface area contributed by atoms with E-state index < -0.39 is 6.36 Å². The van der Waals surface area contributed by atoms with E-state index in [9.17, 15) is 28.5 Å². The number of nitrogens with zero attached hydrogens (tertiary/aromatic N) is 26. The van der Waals surface area contributed by atoms with Crippen molar-refractivity contribution < 1.29 is 41.8 Å². The average molecular weight is 1860 g/mol. The summed E-state index contributed by atoms with van der Waals surface area (Å²) in [7, 11) is 0. The van der Waals surface area contributed by atoms with Gasteiger partial charge in [0.1, 0.15) is 17.9 Å². The predicted molar refractivity (Wildman–Crippen MR) is 513 cm³/mol. The molecule has 9 aromatic carbocycles. The number of hydrogen-bond donors (Lipinski definition) is 4. The third kappa shape index (κ3) is 24.3. The molecule has 4 N–H and O–H groups in total. The maximum absolute atomic E-state index is 13.0. The Morgan fingerprint density at radius 1 is 0.391 bits per heavy atom. The fraction of sp³-hybridized carbons (Fsp3) is 0.194. The molecule has 0 amide bonds. The standard InChI is InChI=1S/C29H27N7O.C24H22F3N7O2.C23H20N8O.C22H20N8O3/c1-2-4-22(5-3-1)18-23-19-24(21-27(20-23)35-14-16-37-17-15-35)28-10-11-30-29(33-28)32-25-6-8-26(9-7-25)36-13-12-31-34-36;1-16-29-15-34(32-16)19-4-2-18(3-5-19)30-23-28-7-6-22(31-23)17-12-20(33-8-10-35-11-9-33)14-21(13-17)36-24(25,26)27;24-16-17-13-18(15-21(14-17)30-9-11-32-12-10-30)22-5-6-25-23(28-22)27-19-1-3-20(4-2-19)31-8-7-26-29-31;31-30(32)20-14-16(13-19(15-20)28-9-11-33-12-10-28)21-5-6-23-22(26-21)25-17-1-3-18(4-2-17)29-8-7-24-27-29/h1-13,19-21H,14-18H2,(H,30,32,33);2-7,12-15H,8-11H2,1H3,(H,28,30,31);1-8,13-15H,9-12H2,(H,25,27,28);1-8,13-15H,9-12H2,(H,23,25,26). The van der Waals surface area contributed by atoms with Gasteiger partial charge in [0.05, 0.1) is 152 Å². The highest BCUT2D eigenvalue weighted by atomic mass is 19.4. The lowest BCUT2D eigenvalue weighted by atomic mass is 10.00. The zero-order valence-corrected chi connectivity index (χ0v) is 74.4. The molecule has 0 aliphatic carbocycles. The van der Waals surface area contributed by atoms with Crippen LogP contribution in [0.25, 0.3) is 67.8 Å². The Balaban J connectivity index is 0.000000122. The minimum absolute atomic E-state index is 0.0193. The molecule has 0 bridgehead atoms. The minimum Gasteiger partial charge on any atom is -0.406 e. The summed E-state index contributed by atoms with van der Waals surface area (Å²) in [4.78, 5) is 59.9. The smallest absolute Gasteiger partial charge is 0.406 e. The van der Waals surface area contributed by atoms with Gasteiger partial charge < -0.3 is 64.6 Å². The van der Waals surface area contributed by atoms with Crippen molar-refractivity contribution in [2.45, 2.75) is 19.7 Å². The molecule has 0 radical (unpaired) electrons. The zero-order valence-electron chi connectivity index (χ0n) is 74.4. The van der Waals surface area contributed by atoms with E-state index in [0.29, 0.717) is 129 Å². The van der Waals surface area contributed by atoms with Crippen LogP contribution in [-0.4, -0.2) is 216 Å². The minimum atomic E-state index is -4.81. The number of aryl methyl sites for hydroxylation is 1. The van der Waals surface area contributed by atoms with Crippen LogP contribution in [0.1, 0.15) is 22.5 Å². The number of alkyl halides is 3. The molecule has 4 aliphatic heterocycles. The first-order valence-electron chi connectivity index (χ1n) is 44.1. The van der Waals surface area contributed by atoms with Gasteiger partial charge in [-0.1, -0.05) is 46.0 Å². The van der Waals surface area contributed by atoms with Gasteiger partial charge in [0, 0.05) is 163 Å². The number of aromatic nitrogens is 20. The van der Waals surface area contributed by atoms with E-state index in [0.717, 1.165) is 125 Å². The number of anilines is 12. The van der Waals surface area contributed by atoms with Crippen LogP contribution in [0.3, 0.4) is 0 Å². The summed E-state index contributed by atoms with van der Waals surface area (Å²) in [6.45, 7) is 12.7. The van der Waals surface area contributed by atoms with Gasteiger partial charge in [-0.2, -0.15) is 10.4 Å². The number of hydrogen-bond acceptors (Lipinski definition) is 32. The van der Waals surface area contributed by atoms with Gasteiger partial charge in [-0.05, 0) is 200 Å². The number of nitriles is 1. The fourth-order valence-corrected chi connectivity index (χ4v) is 15.5. The second-order valence-corrected chi connectivity index (χ2v) is 31.6. The summed E-state index contributed by atoms with van der Waals surface area (Å²) >= 11 is 0. The quantitative estimate of drug-likeness (QED) is 0.0322. The Bertz CT molecular complexity index is 6950. The number of nitro groups is 1. The highest BCUT2D eigenvalue weighted by Crippen LogP contribution is 2.37. The Morgan fingerprint density at radius 2 is 0.746 bits per heavy atom. The number of non-ortho nitro benzene ring substituents is 1. The van der Waals surface area contributed by atoms with Crippen LogP contribution in [-0.2, 0) is 25.4 Å². The molecule has 4 saturated heterocycles. The number of rotatable bonds is 24. The van der Waals surface area contributed by atoms with Crippen LogP contribution in [0, 0.1) is 28.4 Å². The van der Waals surface area contributed by atoms with Crippen LogP contribution in [0.5, 0.6) is 5.75 Å². The Morgan fingerprint density at radius 3 is 1.10 bits per heavy atom. The highest BCUT2D eigenvalue weighted by molar-refractivity contribution is 5.75. The Kier molecular flexibility index (Phi) is 28.7. The highest BCUT2D eigenvalue weighted by Gasteiger charge is 2.32. The van der Waals surface area contributed by atoms with Gasteiger partial charge in [-0.15, -0.1) is 28.5 Å². The molecule has 0 spiro atoms. The van der Waals surface area contributed by atoms with Crippen molar-refractivity contribution in [1.82, 2.24) is 99.6 Å². The summed E-state index contributed by atoms with van der Waals surface area (Å²) in [6.07, 6.45) is 14.6. The van der Waals surface area contributed by atoms with Crippen molar-refractivity contribution in [3.05, 3.63) is 325 Å². The first-order chi connectivity index (χ1) is 67.6. The molecule has 8 aromatic heterocycles. The number of benzene rings is 9. The summed E-state index contributed by atoms with van der Waals surface area (Å²) in [6, 6.07) is 72.7.